The highest BCUT2D eigenvalue weighted by molar-refractivity contribution is 6.07. The Morgan fingerprint density at radius 2 is 1.50 bits per heavy atom. The first kappa shape index (κ1) is 20.1. The van der Waals surface area contributed by atoms with E-state index in [1.807, 2.05) is 65.6 Å². The van der Waals surface area contributed by atoms with Crippen molar-refractivity contribution >= 4 is 22.6 Å². The number of carboxylic acid groups (broad SMARTS) is 1. The minimum absolute atomic E-state index is 0.0529. The quantitative estimate of drug-likeness (QED) is 0.671. The second-order valence-corrected chi connectivity index (χ2v) is 7.71. The molecule has 154 valence electrons. The Bertz CT molecular complexity index is 1020. The van der Waals surface area contributed by atoms with Gasteiger partial charge in [-0.05, 0) is 28.8 Å². The van der Waals surface area contributed by atoms with Crippen molar-refractivity contribution in [3.63, 3.8) is 0 Å². The third-order valence-corrected chi connectivity index (χ3v) is 5.88. The summed E-state index contributed by atoms with van der Waals surface area (Å²) in [7, 11) is 0. The van der Waals surface area contributed by atoms with Crippen molar-refractivity contribution in [1.82, 2.24) is 9.80 Å². The summed E-state index contributed by atoms with van der Waals surface area (Å²) >= 11 is 0. The average molecular weight is 402 g/mol. The third-order valence-electron chi connectivity index (χ3n) is 5.88. The fourth-order valence-corrected chi connectivity index (χ4v) is 4.31. The van der Waals surface area contributed by atoms with Crippen LogP contribution < -0.4 is 0 Å². The number of hydrogen-bond acceptors (Lipinski definition) is 3. The highest BCUT2D eigenvalue weighted by Gasteiger charge is 2.28. The number of amides is 1. The Hall–Kier alpha value is -3.18. The molecule has 0 unspecified atom stereocenters. The van der Waals surface area contributed by atoms with Crippen molar-refractivity contribution in [3.8, 4) is 0 Å². The van der Waals surface area contributed by atoms with Crippen LogP contribution in [0.3, 0.4) is 0 Å². The fraction of sp³-hybridized carbons (Fsp3) is 0.280. The van der Waals surface area contributed by atoms with Gasteiger partial charge < -0.3 is 10.0 Å². The number of nitrogens with zero attached hydrogens (tertiary/aromatic N) is 2. The molecule has 1 heterocycles. The van der Waals surface area contributed by atoms with Crippen molar-refractivity contribution in [1.29, 1.82) is 0 Å². The van der Waals surface area contributed by atoms with Gasteiger partial charge in [-0.25, -0.2) is 0 Å². The van der Waals surface area contributed by atoms with E-state index in [9.17, 15) is 9.59 Å². The highest BCUT2D eigenvalue weighted by Crippen LogP contribution is 2.28. The van der Waals surface area contributed by atoms with Crippen molar-refractivity contribution in [2.24, 2.45) is 0 Å². The van der Waals surface area contributed by atoms with Crippen LogP contribution in [-0.2, 0) is 4.79 Å². The minimum atomic E-state index is -0.777. The van der Waals surface area contributed by atoms with Gasteiger partial charge in [-0.1, -0.05) is 66.7 Å². The maximum Gasteiger partial charge on any atom is 0.303 e. The molecular weight excluding hydrogens is 376 g/mol. The first-order valence-corrected chi connectivity index (χ1v) is 10.4. The van der Waals surface area contributed by atoms with Crippen LogP contribution in [0.15, 0.2) is 72.8 Å². The summed E-state index contributed by atoms with van der Waals surface area (Å²) in [6, 6.07) is 23.9. The lowest BCUT2D eigenvalue weighted by Crippen LogP contribution is -2.49. The van der Waals surface area contributed by atoms with Gasteiger partial charge >= 0.3 is 5.97 Å². The molecule has 1 amide bonds. The van der Waals surface area contributed by atoms with Gasteiger partial charge in [0, 0.05) is 44.2 Å². The SMILES string of the molecule is O=C(O)CC[C@@H](c1ccccc1)N1CCN(C(=O)c2cccc3ccccc23)CC1. The molecule has 30 heavy (non-hydrogen) atoms. The molecule has 4 rings (SSSR count). The molecule has 1 N–H and O–H groups in total. The van der Waals surface area contributed by atoms with Gasteiger partial charge in [-0.2, -0.15) is 0 Å². The number of hydrogen-bond donors (Lipinski definition) is 1. The van der Waals surface area contributed by atoms with E-state index in [0.717, 1.165) is 35.0 Å². The number of rotatable bonds is 6. The van der Waals surface area contributed by atoms with Gasteiger partial charge in [-0.3, -0.25) is 14.5 Å². The third kappa shape index (κ3) is 4.36. The number of aliphatic carboxylic acids is 1. The van der Waals surface area contributed by atoms with Crippen LogP contribution in [0.5, 0.6) is 0 Å². The Kier molecular flexibility index (Phi) is 6.10. The van der Waals surface area contributed by atoms with Crippen molar-refractivity contribution in [2.45, 2.75) is 18.9 Å². The lowest BCUT2D eigenvalue weighted by molar-refractivity contribution is -0.137. The molecule has 5 heteroatoms. The van der Waals surface area contributed by atoms with Crippen LogP contribution in [0.4, 0.5) is 0 Å². The predicted molar refractivity (Wildman–Crippen MR) is 117 cm³/mol. The maximum atomic E-state index is 13.2. The number of carboxylic acids is 1. The summed E-state index contributed by atoms with van der Waals surface area (Å²) in [4.78, 5) is 28.6. The summed E-state index contributed by atoms with van der Waals surface area (Å²) in [5.41, 5.74) is 1.87. The van der Waals surface area contributed by atoms with E-state index in [1.165, 1.54) is 0 Å². The number of carbonyl (C=O) groups is 2. The number of carbonyl (C=O) groups excluding carboxylic acids is 1. The topological polar surface area (TPSA) is 60.9 Å². The zero-order valence-corrected chi connectivity index (χ0v) is 16.9. The summed E-state index contributed by atoms with van der Waals surface area (Å²) in [5, 5.41) is 11.2. The Morgan fingerprint density at radius 1 is 0.833 bits per heavy atom. The Balaban J connectivity index is 1.47. The smallest absolute Gasteiger partial charge is 0.303 e. The molecule has 1 aliphatic heterocycles. The first-order valence-electron chi connectivity index (χ1n) is 10.4. The van der Waals surface area contributed by atoms with Gasteiger partial charge in [0.05, 0.1) is 0 Å². The monoisotopic (exact) mass is 402 g/mol. The Morgan fingerprint density at radius 3 is 2.23 bits per heavy atom. The van der Waals surface area contributed by atoms with Crippen LogP contribution in [-0.4, -0.2) is 53.0 Å². The molecule has 1 aliphatic rings. The van der Waals surface area contributed by atoms with Gasteiger partial charge in [0.2, 0.25) is 0 Å². The van der Waals surface area contributed by atoms with Crippen molar-refractivity contribution in [2.75, 3.05) is 26.2 Å². The van der Waals surface area contributed by atoms with Gasteiger partial charge in [0.1, 0.15) is 0 Å². The Labute approximate surface area is 176 Å². The standard InChI is InChI=1S/C25H26N2O3/c28-24(29)14-13-23(20-8-2-1-3-9-20)26-15-17-27(18-16-26)25(30)22-12-6-10-19-7-4-5-11-21(19)22/h1-12,23H,13-18H2,(H,28,29)/t23-/m0/s1. The molecule has 0 spiro atoms. The van der Waals surface area contributed by atoms with Crippen molar-refractivity contribution in [3.05, 3.63) is 83.9 Å². The van der Waals surface area contributed by atoms with Crippen LogP contribution in [0.25, 0.3) is 10.8 Å². The molecule has 1 fully saturated rings. The molecule has 0 aromatic heterocycles. The number of piperazine rings is 1. The van der Waals surface area contributed by atoms with E-state index >= 15 is 0 Å². The van der Waals surface area contributed by atoms with E-state index < -0.39 is 5.97 Å². The molecular formula is C25H26N2O3. The molecule has 0 radical (unpaired) electrons. The van der Waals surface area contributed by atoms with E-state index in [2.05, 4.69) is 17.0 Å². The molecule has 3 aromatic carbocycles. The lowest BCUT2D eigenvalue weighted by Gasteiger charge is -2.39. The normalized spacial score (nSPS) is 15.8. The lowest BCUT2D eigenvalue weighted by atomic mass is 9.99. The fourth-order valence-electron chi connectivity index (χ4n) is 4.31. The van der Waals surface area contributed by atoms with Crippen LogP contribution in [0, 0.1) is 0 Å². The largest absolute Gasteiger partial charge is 0.481 e. The van der Waals surface area contributed by atoms with Gasteiger partial charge in [-0.15, -0.1) is 0 Å². The molecule has 0 aliphatic carbocycles. The minimum Gasteiger partial charge on any atom is -0.481 e. The molecule has 1 atom stereocenters. The van der Waals surface area contributed by atoms with Gasteiger partial charge in [0.15, 0.2) is 0 Å². The second-order valence-electron chi connectivity index (χ2n) is 7.71. The highest BCUT2D eigenvalue weighted by atomic mass is 16.4. The van der Waals surface area contributed by atoms with E-state index in [4.69, 9.17) is 5.11 Å². The first-order chi connectivity index (χ1) is 14.6. The maximum absolute atomic E-state index is 13.2. The van der Waals surface area contributed by atoms with Crippen LogP contribution in [0.2, 0.25) is 0 Å². The molecule has 3 aromatic rings. The number of benzene rings is 3. The summed E-state index contributed by atoms with van der Waals surface area (Å²) in [6.07, 6.45) is 0.700. The zero-order valence-electron chi connectivity index (χ0n) is 16.9. The van der Waals surface area contributed by atoms with E-state index in [0.29, 0.717) is 19.5 Å². The zero-order chi connectivity index (χ0) is 20.9. The predicted octanol–water partition coefficient (Wildman–Crippen LogP) is 4.20. The molecule has 0 bridgehead atoms. The van der Waals surface area contributed by atoms with E-state index in [-0.39, 0.29) is 18.4 Å². The summed E-state index contributed by atoms with van der Waals surface area (Å²) in [6.45, 7) is 2.74. The van der Waals surface area contributed by atoms with E-state index in [1.54, 1.807) is 0 Å². The molecule has 1 saturated heterocycles. The second kappa shape index (κ2) is 9.09. The molecule has 0 saturated carbocycles. The van der Waals surface area contributed by atoms with Crippen molar-refractivity contribution < 1.29 is 14.7 Å². The summed E-state index contributed by atoms with van der Waals surface area (Å²) in [5.74, 6) is -0.714. The average Bonchev–Trinajstić information content (AvgIpc) is 2.79. The summed E-state index contributed by atoms with van der Waals surface area (Å²) < 4.78 is 0. The van der Waals surface area contributed by atoms with Gasteiger partial charge in [0.25, 0.3) is 5.91 Å². The molecule has 5 nitrogen and oxygen atoms in total. The van der Waals surface area contributed by atoms with Crippen LogP contribution >= 0.6 is 0 Å². The van der Waals surface area contributed by atoms with Crippen LogP contribution in [0.1, 0.15) is 34.8 Å². The number of fused-ring (bicyclic) bond motifs is 1.